The fourth-order valence-corrected chi connectivity index (χ4v) is 9.48. The van der Waals surface area contributed by atoms with E-state index < -0.39 is 6.35 Å². The van der Waals surface area contributed by atoms with Gasteiger partial charge in [-0.3, -0.25) is 0 Å². The smallest absolute Gasteiger partial charge is 0.414 e. The molecule has 0 amide bonds. The lowest BCUT2D eigenvalue weighted by Gasteiger charge is -2.56. The van der Waals surface area contributed by atoms with Crippen LogP contribution in [-0.2, 0) is 4.28 Å². The standard InChI is InChI=1S/C51H45BO/c1-53-49-25-15-14-24-48(49)50(44-22-12-5-13-23-44)51(45-28-26-41(27-29-45)38-16-6-2-7-17-38)52(53,46-34-30-42(31-35-46)39-18-8-3-9-19-39)47-36-32-43(33-37-47)40-20-10-4-11-21-40/h2-4,6-11,14-21,24-37,44H,5,12-13,22-23H2,1H3. The van der Waals surface area contributed by atoms with Crippen molar-refractivity contribution in [1.29, 1.82) is 0 Å². The van der Waals surface area contributed by atoms with Crippen molar-refractivity contribution in [3.8, 4) is 39.1 Å². The predicted molar refractivity (Wildman–Crippen MR) is 227 cm³/mol. The van der Waals surface area contributed by atoms with E-state index >= 15 is 0 Å². The van der Waals surface area contributed by atoms with E-state index in [2.05, 4.69) is 199 Å². The second kappa shape index (κ2) is 14.3. The minimum Gasteiger partial charge on any atom is -0.810 e. The summed E-state index contributed by atoms with van der Waals surface area (Å²) in [5, 5.41) is 0. The van der Waals surface area contributed by atoms with Crippen LogP contribution in [0.2, 0.25) is 0 Å². The number of fused-ring (bicyclic) bond motifs is 1. The first kappa shape index (κ1) is 33.0. The molecule has 1 saturated carbocycles. The molecule has 2 aliphatic rings. The Hall–Kier alpha value is -5.86. The summed E-state index contributed by atoms with van der Waals surface area (Å²) in [6.07, 6.45) is 4.57. The van der Waals surface area contributed by atoms with Gasteiger partial charge in [-0.05, 0) is 58.2 Å². The average molecular weight is 685 g/mol. The van der Waals surface area contributed by atoms with Gasteiger partial charge in [-0.2, -0.15) is 0 Å². The summed E-state index contributed by atoms with van der Waals surface area (Å²) in [5.74, 6) is 1.72. The molecule has 0 aromatic heterocycles. The second-order valence-corrected chi connectivity index (χ2v) is 14.9. The van der Waals surface area contributed by atoms with Gasteiger partial charge in [-0.15, -0.1) is 10.9 Å². The van der Waals surface area contributed by atoms with Gasteiger partial charge in [-0.1, -0.05) is 212 Å². The third-order valence-corrected chi connectivity index (χ3v) is 12.0. The molecule has 1 nitrogen and oxygen atoms in total. The first-order valence-corrected chi connectivity index (χ1v) is 19.3. The molecule has 0 bridgehead atoms. The lowest BCUT2D eigenvalue weighted by molar-refractivity contribution is 0.173. The van der Waals surface area contributed by atoms with E-state index in [1.165, 1.54) is 104 Å². The van der Waals surface area contributed by atoms with Crippen LogP contribution in [0.5, 0.6) is 5.75 Å². The van der Waals surface area contributed by atoms with Gasteiger partial charge >= 0.3 is 6.35 Å². The third-order valence-electron chi connectivity index (χ3n) is 12.0. The zero-order chi connectivity index (χ0) is 35.6. The van der Waals surface area contributed by atoms with Gasteiger partial charge in [-0.25, -0.2) is 0 Å². The second-order valence-electron chi connectivity index (χ2n) is 14.9. The summed E-state index contributed by atoms with van der Waals surface area (Å²) in [6.45, 7) is 0. The van der Waals surface area contributed by atoms with Gasteiger partial charge in [0.05, 0.1) is 5.56 Å². The Kier molecular flexibility index (Phi) is 8.90. The normalized spacial score (nSPS) is 15.6. The van der Waals surface area contributed by atoms with Gasteiger partial charge < -0.3 is 4.28 Å². The van der Waals surface area contributed by atoms with Crippen molar-refractivity contribution in [3.63, 3.8) is 0 Å². The SMILES string of the molecule is C[O+]1c2ccccc2C(C2CCCCC2)=C(c2ccc(-c3ccccc3)cc2)[B-]1(c1ccc(-c2ccccc2)cc1)c1ccc(-c2ccccc2)cc1. The summed E-state index contributed by atoms with van der Waals surface area (Å²) in [5.41, 5.74) is 15.6. The molecule has 258 valence electrons. The molecular formula is C51H45BO. The Labute approximate surface area is 314 Å². The summed E-state index contributed by atoms with van der Waals surface area (Å²) in [4.78, 5) is 0. The van der Waals surface area contributed by atoms with Crippen LogP contribution in [0.4, 0.5) is 0 Å². The van der Waals surface area contributed by atoms with Crippen LogP contribution in [-0.4, -0.2) is 13.5 Å². The number of allylic oxidation sites excluding steroid dienone is 1. The van der Waals surface area contributed by atoms with Crippen LogP contribution in [0.15, 0.2) is 188 Å². The molecule has 1 fully saturated rings. The third kappa shape index (κ3) is 5.93. The van der Waals surface area contributed by atoms with Crippen LogP contribution < -0.4 is 10.9 Å². The zero-order valence-electron chi connectivity index (χ0n) is 30.5. The number of para-hydroxylation sites is 1. The van der Waals surface area contributed by atoms with E-state index in [0.29, 0.717) is 5.92 Å². The highest BCUT2D eigenvalue weighted by Gasteiger charge is 2.52. The maximum Gasteiger partial charge on any atom is 0.414 e. The van der Waals surface area contributed by atoms with Crippen molar-refractivity contribution < 1.29 is 4.28 Å². The molecule has 0 unspecified atom stereocenters. The fraction of sp³-hybridized carbons (Fsp3) is 0.137. The number of benzene rings is 7. The maximum absolute atomic E-state index is 3.85. The monoisotopic (exact) mass is 684 g/mol. The van der Waals surface area contributed by atoms with Crippen LogP contribution >= 0.6 is 0 Å². The van der Waals surface area contributed by atoms with Crippen molar-refractivity contribution in [2.24, 2.45) is 5.92 Å². The van der Waals surface area contributed by atoms with E-state index in [4.69, 9.17) is 0 Å². The lowest BCUT2D eigenvalue weighted by Crippen LogP contribution is -2.66. The van der Waals surface area contributed by atoms with E-state index in [9.17, 15) is 0 Å². The predicted octanol–water partition coefficient (Wildman–Crippen LogP) is 12.4. The molecule has 0 radical (unpaired) electrons. The van der Waals surface area contributed by atoms with Crippen molar-refractivity contribution in [2.75, 3.05) is 7.11 Å². The highest BCUT2D eigenvalue weighted by atomic mass is 16.6. The molecule has 7 aromatic carbocycles. The summed E-state index contributed by atoms with van der Waals surface area (Å²) in [7, 11) is 2.27. The van der Waals surface area contributed by atoms with Crippen molar-refractivity contribution >= 4 is 28.3 Å². The molecule has 1 heterocycles. The van der Waals surface area contributed by atoms with Crippen molar-refractivity contribution in [1.82, 2.24) is 0 Å². The highest BCUT2D eigenvalue weighted by molar-refractivity contribution is 7.12. The topological polar surface area (TPSA) is 2.70 Å². The minimum atomic E-state index is -1.73. The van der Waals surface area contributed by atoms with E-state index in [1.807, 2.05) is 0 Å². The van der Waals surface area contributed by atoms with Gasteiger partial charge in [0.2, 0.25) is 5.75 Å². The first-order chi connectivity index (χ1) is 26.2. The molecule has 9 rings (SSSR count). The van der Waals surface area contributed by atoms with E-state index in [0.717, 1.165) is 0 Å². The Bertz CT molecular complexity index is 2250. The molecule has 1 aliphatic carbocycles. The average Bonchev–Trinajstić information content (AvgIpc) is 3.25. The molecule has 0 N–H and O–H groups in total. The Morgan fingerprint density at radius 3 is 1.25 bits per heavy atom. The number of hydrogen-bond acceptors (Lipinski definition) is 0. The molecule has 7 aromatic rings. The lowest BCUT2D eigenvalue weighted by atomic mass is 9.25. The van der Waals surface area contributed by atoms with Gasteiger partial charge in [0.15, 0.2) is 0 Å². The maximum atomic E-state index is 3.85. The fourth-order valence-electron chi connectivity index (χ4n) is 9.48. The van der Waals surface area contributed by atoms with Crippen LogP contribution in [0.1, 0.15) is 43.2 Å². The zero-order valence-corrected chi connectivity index (χ0v) is 30.5. The molecule has 0 saturated heterocycles. The van der Waals surface area contributed by atoms with Gasteiger partial charge in [0.1, 0.15) is 7.11 Å². The molecular weight excluding hydrogens is 639 g/mol. The largest absolute Gasteiger partial charge is 0.810 e. The molecule has 0 atom stereocenters. The molecule has 0 spiro atoms. The van der Waals surface area contributed by atoms with Crippen LogP contribution in [0.25, 0.3) is 44.4 Å². The number of rotatable bonds is 7. The minimum absolute atomic E-state index is 0.483. The number of hydrogen-bond donors (Lipinski definition) is 0. The van der Waals surface area contributed by atoms with Crippen molar-refractivity contribution in [2.45, 2.75) is 32.1 Å². The molecule has 2 heteroatoms. The highest BCUT2D eigenvalue weighted by Crippen LogP contribution is 2.54. The summed E-state index contributed by atoms with van der Waals surface area (Å²) in [6, 6.07) is 69.8. The van der Waals surface area contributed by atoms with E-state index in [-0.39, 0.29) is 0 Å². The summed E-state index contributed by atoms with van der Waals surface area (Å²) >= 11 is 0. The van der Waals surface area contributed by atoms with Crippen molar-refractivity contribution in [3.05, 3.63) is 199 Å². The van der Waals surface area contributed by atoms with Crippen LogP contribution in [0, 0.1) is 5.92 Å². The van der Waals surface area contributed by atoms with Gasteiger partial charge in [0.25, 0.3) is 0 Å². The van der Waals surface area contributed by atoms with Crippen LogP contribution in [0.3, 0.4) is 0 Å². The quantitative estimate of drug-likeness (QED) is 0.116. The Morgan fingerprint density at radius 2 is 0.774 bits per heavy atom. The first-order valence-electron chi connectivity index (χ1n) is 19.3. The molecule has 1 aliphatic heterocycles. The Morgan fingerprint density at radius 1 is 0.396 bits per heavy atom. The molecule has 53 heavy (non-hydrogen) atoms. The summed E-state index contributed by atoms with van der Waals surface area (Å²) < 4.78 is 3.85. The van der Waals surface area contributed by atoms with Gasteiger partial charge in [0, 0.05) is 6.07 Å². The Balaban J connectivity index is 1.34. The van der Waals surface area contributed by atoms with E-state index in [1.54, 1.807) is 0 Å².